The molecule has 1 heterocycles. The van der Waals surface area contributed by atoms with Gasteiger partial charge in [0.25, 0.3) is 0 Å². The largest absolute Gasteiger partial charge is 0.378 e. The van der Waals surface area contributed by atoms with Gasteiger partial charge >= 0.3 is 0 Å². The number of hydrogen-bond donors (Lipinski definition) is 0. The van der Waals surface area contributed by atoms with Crippen LogP contribution in [0.4, 0.5) is 0 Å². The normalized spacial score (nSPS) is 16.2. The van der Waals surface area contributed by atoms with Gasteiger partial charge in [0.05, 0.1) is 6.10 Å². The van der Waals surface area contributed by atoms with E-state index >= 15 is 0 Å². The molecule has 0 spiro atoms. The Morgan fingerprint density at radius 1 is 0.923 bits per heavy atom. The smallest absolute Gasteiger partial charge is 0.0599 e. The van der Waals surface area contributed by atoms with Crippen molar-refractivity contribution < 1.29 is 4.74 Å². The van der Waals surface area contributed by atoms with Crippen LogP contribution in [0, 0.1) is 0 Å². The molecule has 3 heteroatoms. The van der Waals surface area contributed by atoms with Gasteiger partial charge in [-0.05, 0) is 37.4 Å². The SMILES string of the molecule is CN(CCCOC1CCN(Cc2ccccc2)CC1)Cc1ccccc1. The number of piperidine rings is 1. The number of rotatable bonds is 9. The molecule has 0 radical (unpaired) electrons. The molecule has 2 aromatic carbocycles. The Morgan fingerprint density at radius 2 is 1.54 bits per heavy atom. The highest BCUT2D eigenvalue weighted by atomic mass is 16.5. The lowest BCUT2D eigenvalue weighted by molar-refractivity contribution is 0.00275. The maximum Gasteiger partial charge on any atom is 0.0599 e. The van der Waals surface area contributed by atoms with Crippen LogP contribution in [0.3, 0.4) is 0 Å². The molecule has 1 aliphatic rings. The first kappa shape index (κ1) is 19.1. The maximum atomic E-state index is 6.13. The molecule has 26 heavy (non-hydrogen) atoms. The van der Waals surface area contributed by atoms with Crippen molar-refractivity contribution in [3.8, 4) is 0 Å². The van der Waals surface area contributed by atoms with Crippen molar-refractivity contribution in [3.05, 3.63) is 71.8 Å². The minimum atomic E-state index is 0.446. The maximum absolute atomic E-state index is 6.13. The fourth-order valence-corrected chi connectivity index (χ4v) is 3.63. The summed E-state index contributed by atoms with van der Waals surface area (Å²) in [5.41, 5.74) is 2.79. The zero-order valence-electron chi connectivity index (χ0n) is 16.0. The molecule has 1 fully saturated rings. The standard InChI is InChI=1S/C23H32N2O/c1-24(19-21-9-4-2-5-10-21)15-8-18-26-23-13-16-25(17-14-23)20-22-11-6-3-7-12-22/h2-7,9-12,23H,8,13-20H2,1H3. The zero-order chi connectivity index (χ0) is 18.0. The van der Waals surface area contributed by atoms with Crippen LogP contribution in [0.25, 0.3) is 0 Å². The second kappa shape index (κ2) is 10.5. The summed E-state index contributed by atoms with van der Waals surface area (Å²) in [4.78, 5) is 4.92. The number of likely N-dealkylation sites (tertiary alicyclic amines) is 1. The molecule has 0 bridgehead atoms. The van der Waals surface area contributed by atoms with Gasteiger partial charge in [-0.3, -0.25) is 4.90 Å². The third-order valence-electron chi connectivity index (χ3n) is 5.12. The summed E-state index contributed by atoms with van der Waals surface area (Å²) in [5.74, 6) is 0. The van der Waals surface area contributed by atoms with E-state index in [1.54, 1.807) is 0 Å². The van der Waals surface area contributed by atoms with Crippen molar-refractivity contribution in [2.75, 3.05) is 33.3 Å². The minimum Gasteiger partial charge on any atom is -0.378 e. The van der Waals surface area contributed by atoms with Crippen LogP contribution in [0.1, 0.15) is 30.4 Å². The molecule has 2 aromatic rings. The zero-order valence-corrected chi connectivity index (χ0v) is 16.0. The Balaban J connectivity index is 1.26. The molecule has 3 nitrogen and oxygen atoms in total. The molecule has 0 aliphatic carbocycles. The van der Waals surface area contributed by atoms with Gasteiger partial charge in [0.1, 0.15) is 0 Å². The van der Waals surface area contributed by atoms with E-state index in [1.807, 2.05) is 0 Å². The summed E-state index contributed by atoms with van der Waals surface area (Å²) in [5, 5.41) is 0. The van der Waals surface area contributed by atoms with Crippen molar-refractivity contribution >= 4 is 0 Å². The predicted molar refractivity (Wildman–Crippen MR) is 108 cm³/mol. The van der Waals surface area contributed by atoms with Crippen LogP contribution in [0.5, 0.6) is 0 Å². The highest BCUT2D eigenvalue weighted by Crippen LogP contribution is 2.16. The molecule has 0 atom stereocenters. The van der Waals surface area contributed by atoms with E-state index < -0.39 is 0 Å². The summed E-state index contributed by atoms with van der Waals surface area (Å²) in [6.45, 7) is 6.34. The van der Waals surface area contributed by atoms with Gasteiger partial charge < -0.3 is 9.64 Å². The second-order valence-corrected chi connectivity index (χ2v) is 7.41. The average molecular weight is 353 g/mol. The summed E-state index contributed by atoms with van der Waals surface area (Å²) >= 11 is 0. The van der Waals surface area contributed by atoms with Gasteiger partial charge in [-0.15, -0.1) is 0 Å². The highest BCUT2D eigenvalue weighted by Gasteiger charge is 2.19. The van der Waals surface area contributed by atoms with Gasteiger partial charge in [0, 0.05) is 39.3 Å². The lowest BCUT2D eigenvalue weighted by atomic mass is 10.1. The Kier molecular flexibility index (Phi) is 7.68. The van der Waals surface area contributed by atoms with Crippen LogP contribution < -0.4 is 0 Å². The number of hydrogen-bond acceptors (Lipinski definition) is 3. The van der Waals surface area contributed by atoms with Gasteiger partial charge in [0.2, 0.25) is 0 Å². The molecule has 0 saturated carbocycles. The van der Waals surface area contributed by atoms with Crippen LogP contribution in [0.15, 0.2) is 60.7 Å². The molecule has 1 saturated heterocycles. The second-order valence-electron chi connectivity index (χ2n) is 7.41. The fourth-order valence-electron chi connectivity index (χ4n) is 3.63. The Labute approximate surface area is 158 Å². The lowest BCUT2D eigenvalue weighted by Crippen LogP contribution is -2.36. The van der Waals surface area contributed by atoms with Crippen molar-refractivity contribution in [1.82, 2.24) is 9.80 Å². The van der Waals surface area contributed by atoms with Crippen LogP contribution >= 0.6 is 0 Å². The highest BCUT2D eigenvalue weighted by molar-refractivity contribution is 5.15. The van der Waals surface area contributed by atoms with E-state index in [0.717, 1.165) is 58.6 Å². The summed E-state index contributed by atoms with van der Waals surface area (Å²) in [6.07, 6.45) is 3.87. The first-order valence-corrected chi connectivity index (χ1v) is 9.90. The van der Waals surface area contributed by atoms with E-state index in [0.29, 0.717) is 6.10 Å². The first-order chi connectivity index (χ1) is 12.8. The number of nitrogens with zero attached hydrogens (tertiary/aromatic N) is 2. The number of benzene rings is 2. The Morgan fingerprint density at radius 3 is 2.19 bits per heavy atom. The molecule has 0 amide bonds. The van der Waals surface area contributed by atoms with E-state index in [2.05, 4.69) is 77.5 Å². The Bertz CT molecular complexity index is 609. The average Bonchev–Trinajstić information content (AvgIpc) is 2.68. The van der Waals surface area contributed by atoms with Crippen molar-refractivity contribution in [2.24, 2.45) is 0 Å². The molecule has 3 rings (SSSR count). The van der Waals surface area contributed by atoms with Crippen LogP contribution in [-0.2, 0) is 17.8 Å². The predicted octanol–water partition coefficient (Wildman–Crippen LogP) is 4.19. The fraction of sp³-hybridized carbons (Fsp3) is 0.478. The summed E-state index contributed by atoms with van der Waals surface area (Å²) in [7, 11) is 2.19. The molecular weight excluding hydrogens is 320 g/mol. The quantitative estimate of drug-likeness (QED) is 0.629. The molecule has 0 unspecified atom stereocenters. The Hall–Kier alpha value is -1.68. The lowest BCUT2D eigenvalue weighted by Gasteiger charge is -2.32. The van der Waals surface area contributed by atoms with E-state index in [1.165, 1.54) is 11.1 Å². The first-order valence-electron chi connectivity index (χ1n) is 9.90. The third-order valence-corrected chi connectivity index (χ3v) is 5.12. The minimum absolute atomic E-state index is 0.446. The van der Waals surface area contributed by atoms with Gasteiger partial charge in [-0.2, -0.15) is 0 Å². The molecular formula is C23H32N2O. The topological polar surface area (TPSA) is 15.7 Å². The van der Waals surface area contributed by atoms with E-state index in [9.17, 15) is 0 Å². The van der Waals surface area contributed by atoms with Crippen LogP contribution in [-0.4, -0.2) is 49.2 Å². The number of ether oxygens (including phenoxy) is 1. The summed E-state index contributed by atoms with van der Waals surface area (Å²) in [6, 6.07) is 21.4. The molecule has 1 aliphatic heterocycles. The van der Waals surface area contributed by atoms with E-state index in [4.69, 9.17) is 4.74 Å². The van der Waals surface area contributed by atoms with Crippen molar-refractivity contribution in [1.29, 1.82) is 0 Å². The molecule has 140 valence electrons. The van der Waals surface area contributed by atoms with Gasteiger partial charge in [0.15, 0.2) is 0 Å². The molecule has 0 aromatic heterocycles. The van der Waals surface area contributed by atoms with Crippen LogP contribution in [0.2, 0.25) is 0 Å². The molecule has 0 N–H and O–H groups in total. The monoisotopic (exact) mass is 352 g/mol. The van der Waals surface area contributed by atoms with Crippen molar-refractivity contribution in [2.45, 2.75) is 38.5 Å². The van der Waals surface area contributed by atoms with Gasteiger partial charge in [-0.1, -0.05) is 60.7 Å². The van der Waals surface area contributed by atoms with Gasteiger partial charge in [-0.25, -0.2) is 0 Å². The van der Waals surface area contributed by atoms with Crippen molar-refractivity contribution in [3.63, 3.8) is 0 Å². The van der Waals surface area contributed by atoms with E-state index in [-0.39, 0.29) is 0 Å². The summed E-state index contributed by atoms with van der Waals surface area (Å²) < 4.78 is 6.13. The third kappa shape index (κ3) is 6.56.